The third-order valence-corrected chi connectivity index (χ3v) is 7.79. The summed E-state index contributed by atoms with van der Waals surface area (Å²) in [7, 11) is 0. The van der Waals surface area contributed by atoms with E-state index in [9.17, 15) is 0 Å². The number of benzene rings is 5. The third-order valence-electron chi connectivity index (χ3n) is 7.79. The molecule has 3 aliphatic rings. The van der Waals surface area contributed by atoms with Crippen molar-refractivity contribution in [1.29, 1.82) is 0 Å². The van der Waals surface area contributed by atoms with Crippen molar-refractivity contribution in [1.82, 2.24) is 9.13 Å². The van der Waals surface area contributed by atoms with Crippen LogP contribution >= 0.6 is 0 Å². The van der Waals surface area contributed by atoms with Gasteiger partial charge in [-0.25, -0.2) is 0 Å². The minimum Gasteiger partial charge on any atom is -0.453 e. The van der Waals surface area contributed by atoms with Crippen LogP contribution in [0.5, 0.6) is 0 Å². The predicted molar refractivity (Wildman–Crippen MR) is 165 cm³/mol. The van der Waals surface area contributed by atoms with E-state index in [1.165, 1.54) is 0 Å². The Hall–Kier alpha value is -5.22. The Bertz CT molecular complexity index is 2230. The van der Waals surface area contributed by atoms with Crippen LogP contribution in [0.2, 0.25) is 0 Å². The van der Waals surface area contributed by atoms with E-state index in [2.05, 4.69) is 107 Å². The predicted octanol–water partition coefficient (Wildman–Crippen LogP) is 10.2. The summed E-state index contributed by atoms with van der Waals surface area (Å²) in [6.45, 7) is 4.12. The summed E-state index contributed by atoms with van der Waals surface area (Å²) < 4.78 is 18.0. The summed E-state index contributed by atoms with van der Waals surface area (Å²) in [5.41, 5.74) is 14.0. The minimum atomic E-state index is 0.829. The Morgan fingerprint density at radius 3 is 1.75 bits per heavy atom. The maximum atomic E-state index is 6.65. The topological polar surface area (TPSA) is 36.1 Å². The van der Waals surface area contributed by atoms with Gasteiger partial charge in [0.05, 0.1) is 22.1 Å². The maximum absolute atomic E-state index is 6.65. The molecule has 0 fully saturated rings. The average Bonchev–Trinajstić information content (AvgIpc) is 3.01. The van der Waals surface area contributed by atoms with Crippen LogP contribution in [0, 0.1) is 0 Å². The number of hydrogen-bond acceptors (Lipinski definition) is 2. The molecule has 0 bridgehead atoms. The van der Waals surface area contributed by atoms with E-state index in [-0.39, 0.29) is 0 Å². The van der Waals surface area contributed by atoms with Crippen molar-refractivity contribution in [3.63, 3.8) is 0 Å². The van der Waals surface area contributed by atoms with Gasteiger partial charge in [-0.3, -0.25) is 9.13 Å². The number of nitrogens with zero attached hydrogens (tertiary/aromatic N) is 2. The fraction of sp³-hybridized carbons (Fsp3) is 0.0556. The Labute approximate surface area is 231 Å². The summed E-state index contributed by atoms with van der Waals surface area (Å²) in [4.78, 5) is 0. The molecule has 0 radical (unpaired) electrons. The molecule has 3 aliphatic heterocycles. The van der Waals surface area contributed by atoms with E-state index in [0.717, 1.165) is 78.0 Å². The van der Waals surface area contributed by atoms with Gasteiger partial charge in [0.15, 0.2) is 22.3 Å². The van der Waals surface area contributed by atoms with Crippen LogP contribution in [0.3, 0.4) is 0 Å². The fourth-order valence-corrected chi connectivity index (χ4v) is 6.07. The van der Waals surface area contributed by atoms with Crippen molar-refractivity contribution in [3.8, 4) is 22.5 Å². The number of para-hydroxylation sites is 4. The molecule has 0 spiro atoms. The number of allylic oxidation sites excluding steroid dienone is 4. The molecule has 40 heavy (non-hydrogen) atoms. The van der Waals surface area contributed by atoms with E-state index in [0.29, 0.717) is 0 Å². The number of aromatic nitrogens is 2. The van der Waals surface area contributed by atoms with Gasteiger partial charge in [0.2, 0.25) is 0 Å². The summed E-state index contributed by atoms with van der Waals surface area (Å²) in [6, 6.07) is 35.9. The van der Waals surface area contributed by atoms with Gasteiger partial charge in [-0.05, 0) is 84.6 Å². The molecule has 5 aromatic carbocycles. The molecule has 0 amide bonds. The normalized spacial score (nSPS) is 12.8. The third kappa shape index (κ3) is 3.20. The Balaban J connectivity index is 1.67. The monoisotopic (exact) mass is 518 g/mol. The molecule has 0 saturated carbocycles. The lowest BCUT2D eigenvalue weighted by atomic mass is 9.99. The van der Waals surface area contributed by atoms with E-state index >= 15 is 0 Å². The summed E-state index contributed by atoms with van der Waals surface area (Å²) in [5, 5.41) is 0. The van der Waals surface area contributed by atoms with Gasteiger partial charge in [0.1, 0.15) is 11.4 Å². The lowest BCUT2D eigenvalue weighted by Crippen LogP contribution is -2.14. The zero-order chi connectivity index (χ0) is 26.8. The van der Waals surface area contributed by atoms with Gasteiger partial charge in [-0.2, -0.15) is 0 Å². The molecule has 0 atom stereocenters. The van der Waals surface area contributed by atoms with Crippen molar-refractivity contribution >= 4 is 50.0 Å². The van der Waals surface area contributed by atoms with Gasteiger partial charge in [0.25, 0.3) is 0 Å². The molecule has 4 heteroatoms. The Morgan fingerprint density at radius 2 is 1.12 bits per heavy atom. The lowest BCUT2D eigenvalue weighted by Gasteiger charge is -2.28. The highest BCUT2D eigenvalue weighted by atomic mass is 16.3. The van der Waals surface area contributed by atoms with Gasteiger partial charge >= 0.3 is 0 Å². The zero-order valence-electron chi connectivity index (χ0n) is 22.3. The maximum Gasteiger partial charge on any atom is 0.154 e. The highest BCUT2D eigenvalue weighted by Crippen LogP contribution is 2.44. The SMILES string of the molecule is C/C=C\C(=C/C)c1cc2oc3ccccc3n3c4cc(-c5ccccc5)cc5oc6ccccc6n(c(c1)c2-3)-c54. The number of rotatable bonds is 3. The van der Waals surface area contributed by atoms with Crippen molar-refractivity contribution in [2.24, 2.45) is 0 Å². The first-order valence-corrected chi connectivity index (χ1v) is 13.6. The molecule has 0 N–H and O–H groups in total. The van der Waals surface area contributed by atoms with Crippen molar-refractivity contribution in [2.45, 2.75) is 13.8 Å². The second kappa shape index (κ2) is 8.65. The average molecular weight is 519 g/mol. The van der Waals surface area contributed by atoms with E-state index in [1.807, 2.05) is 37.3 Å². The molecular weight excluding hydrogens is 492 g/mol. The zero-order valence-corrected chi connectivity index (χ0v) is 22.3. The molecule has 0 unspecified atom stereocenters. The van der Waals surface area contributed by atoms with Crippen LogP contribution in [0.25, 0.3) is 72.5 Å². The van der Waals surface area contributed by atoms with Crippen LogP contribution in [-0.4, -0.2) is 9.13 Å². The summed E-state index contributed by atoms with van der Waals surface area (Å²) in [5.74, 6) is 0. The summed E-state index contributed by atoms with van der Waals surface area (Å²) in [6.07, 6.45) is 6.36. The lowest BCUT2D eigenvalue weighted by molar-refractivity contribution is 0.640. The van der Waals surface area contributed by atoms with Crippen molar-refractivity contribution in [2.75, 3.05) is 0 Å². The Kier molecular flexibility index (Phi) is 4.92. The molecule has 0 saturated heterocycles. The molecular formula is C36H26N2O2. The molecule has 0 aliphatic carbocycles. The molecule has 4 nitrogen and oxygen atoms in total. The minimum absolute atomic E-state index is 0.829. The molecule has 8 rings (SSSR count). The number of hydrogen-bond donors (Lipinski definition) is 0. The molecule has 0 aromatic heterocycles. The van der Waals surface area contributed by atoms with Crippen molar-refractivity contribution < 1.29 is 8.83 Å². The van der Waals surface area contributed by atoms with Gasteiger partial charge in [0, 0.05) is 0 Å². The summed E-state index contributed by atoms with van der Waals surface area (Å²) >= 11 is 0. The van der Waals surface area contributed by atoms with Crippen LogP contribution in [-0.2, 0) is 0 Å². The quantitative estimate of drug-likeness (QED) is 0.132. The van der Waals surface area contributed by atoms with Crippen molar-refractivity contribution in [3.05, 3.63) is 127 Å². The second-order valence-electron chi connectivity index (χ2n) is 10.1. The van der Waals surface area contributed by atoms with E-state index in [1.54, 1.807) is 0 Å². The van der Waals surface area contributed by atoms with Gasteiger partial charge in [-0.15, -0.1) is 0 Å². The van der Waals surface area contributed by atoms with Crippen LogP contribution in [0.15, 0.2) is 130 Å². The first-order chi connectivity index (χ1) is 19.7. The highest BCUT2D eigenvalue weighted by Gasteiger charge is 2.27. The molecule has 192 valence electrons. The van der Waals surface area contributed by atoms with E-state index < -0.39 is 0 Å². The van der Waals surface area contributed by atoms with Crippen LogP contribution in [0.1, 0.15) is 19.4 Å². The molecule has 3 heterocycles. The smallest absolute Gasteiger partial charge is 0.154 e. The first kappa shape index (κ1) is 22.7. The van der Waals surface area contributed by atoms with Gasteiger partial charge < -0.3 is 8.83 Å². The highest BCUT2D eigenvalue weighted by molar-refractivity contribution is 6.03. The fourth-order valence-electron chi connectivity index (χ4n) is 6.07. The van der Waals surface area contributed by atoms with Crippen LogP contribution in [0.4, 0.5) is 0 Å². The van der Waals surface area contributed by atoms with E-state index in [4.69, 9.17) is 8.83 Å². The standard InChI is InChI=1S/C36H26N2O2/c1-3-12-23(4-2)25-19-29-35-33(21-25)39-31-17-10-9-16-28(31)38(35)30-20-26(24-13-6-5-7-14-24)22-34-36(30)37(29)27-15-8-11-18-32(27)40-34/h3-22H,1-2H3/b12-3-,23-4+. The Morgan fingerprint density at radius 1 is 0.550 bits per heavy atom. The number of fused-ring (bicyclic) bond motifs is 6. The van der Waals surface area contributed by atoms with Gasteiger partial charge in [-0.1, -0.05) is 72.8 Å². The largest absolute Gasteiger partial charge is 0.453 e. The van der Waals surface area contributed by atoms with Crippen LogP contribution < -0.4 is 0 Å². The second-order valence-corrected chi connectivity index (χ2v) is 10.1. The first-order valence-electron chi connectivity index (χ1n) is 13.6. The molecule has 5 aromatic rings.